The van der Waals surface area contributed by atoms with E-state index in [2.05, 4.69) is 15.8 Å². The number of aromatic nitrogens is 1. The third-order valence-electron chi connectivity index (χ3n) is 3.10. The topological polar surface area (TPSA) is 138 Å². The minimum absolute atomic E-state index is 0.0489. The number of ketones is 1. The van der Waals surface area contributed by atoms with Gasteiger partial charge < -0.3 is 15.9 Å². The molecule has 1 heterocycles. The Kier molecular flexibility index (Phi) is 4.74. The molecule has 0 aliphatic heterocycles. The first-order chi connectivity index (χ1) is 10.5. The standard InChI is InChI=1S/C14H16N4O4/c15-9(14(21)22)5-8-6-10(12(20)7-11(8)19)17-18-13-3-1-2-4-16-13/h1-4,6-9,17,20H,5,15H2,(H,16,18)(H,21,22)/t8-,9+/m1/s1. The highest BCUT2D eigenvalue weighted by Crippen LogP contribution is 2.21. The van der Waals surface area contributed by atoms with Crippen LogP contribution < -0.4 is 16.6 Å². The van der Waals surface area contributed by atoms with Crippen molar-refractivity contribution >= 4 is 17.6 Å². The highest BCUT2D eigenvalue weighted by atomic mass is 16.4. The van der Waals surface area contributed by atoms with Gasteiger partial charge in [-0.25, -0.2) is 4.98 Å². The lowest BCUT2D eigenvalue weighted by Gasteiger charge is -2.20. The SMILES string of the molecule is N[C@@H](C[C@@H]1C=C(NNc2ccccn2)C(O)=CC1=O)C(=O)O. The molecule has 0 unspecified atom stereocenters. The van der Waals surface area contributed by atoms with Gasteiger partial charge in [-0.15, -0.1) is 0 Å². The fourth-order valence-electron chi connectivity index (χ4n) is 1.92. The predicted molar refractivity (Wildman–Crippen MR) is 78.5 cm³/mol. The number of nitrogens with two attached hydrogens (primary N) is 1. The minimum Gasteiger partial charge on any atom is -0.506 e. The number of aliphatic hydroxyl groups excluding tert-OH is 1. The number of hydrogen-bond acceptors (Lipinski definition) is 7. The molecule has 1 aromatic rings. The average molecular weight is 304 g/mol. The van der Waals surface area contributed by atoms with Crippen LogP contribution in [0.4, 0.5) is 5.82 Å². The van der Waals surface area contributed by atoms with Crippen molar-refractivity contribution in [3.05, 3.63) is 48.0 Å². The van der Waals surface area contributed by atoms with Gasteiger partial charge in [0.25, 0.3) is 0 Å². The maximum atomic E-state index is 11.8. The van der Waals surface area contributed by atoms with E-state index in [-0.39, 0.29) is 17.9 Å². The Morgan fingerprint density at radius 1 is 1.41 bits per heavy atom. The summed E-state index contributed by atoms with van der Waals surface area (Å²) in [5.74, 6) is -2.01. The number of carboxylic acid groups (broad SMARTS) is 1. The lowest BCUT2D eigenvalue weighted by Crippen LogP contribution is -2.35. The van der Waals surface area contributed by atoms with Crippen molar-refractivity contribution in [3.63, 3.8) is 0 Å². The normalized spacial score (nSPS) is 19.0. The number of allylic oxidation sites excluding steroid dienone is 2. The Balaban J connectivity index is 2.06. The number of anilines is 1. The number of carbonyl (C=O) groups excluding carboxylic acids is 1. The summed E-state index contributed by atoms with van der Waals surface area (Å²) in [6.07, 6.45) is 4.03. The van der Waals surface area contributed by atoms with Gasteiger partial charge in [-0.1, -0.05) is 6.07 Å². The molecule has 1 aliphatic rings. The molecule has 0 radical (unpaired) electrons. The van der Waals surface area contributed by atoms with E-state index in [4.69, 9.17) is 10.8 Å². The summed E-state index contributed by atoms with van der Waals surface area (Å²) in [7, 11) is 0. The van der Waals surface area contributed by atoms with Crippen molar-refractivity contribution in [2.75, 3.05) is 5.43 Å². The molecule has 8 heteroatoms. The van der Waals surface area contributed by atoms with Crippen LogP contribution >= 0.6 is 0 Å². The van der Waals surface area contributed by atoms with E-state index in [1.165, 1.54) is 6.08 Å². The molecule has 0 amide bonds. The summed E-state index contributed by atoms with van der Waals surface area (Å²) in [6, 6.07) is 4.09. The van der Waals surface area contributed by atoms with E-state index in [0.717, 1.165) is 6.08 Å². The van der Waals surface area contributed by atoms with Gasteiger partial charge in [0.2, 0.25) is 0 Å². The zero-order chi connectivity index (χ0) is 16.1. The van der Waals surface area contributed by atoms with Gasteiger partial charge in [-0.3, -0.25) is 20.4 Å². The van der Waals surface area contributed by atoms with Crippen molar-refractivity contribution in [3.8, 4) is 0 Å². The second kappa shape index (κ2) is 6.72. The molecular weight excluding hydrogens is 288 g/mol. The number of carboxylic acids is 1. The van der Waals surface area contributed by atoms with Crippen LogP contribution in [0.5, 0.6) is 0 Å². The molecule has 2 rings (SSSR count). The van der Waals surface area contributed by atoms with E-state index < -0.39 is 23.7 Å². The first-order valence-electron chi connectivity index (χ1n) is 6.55. The van der Waals surface area contributed by atoms with E-state index in [1.807, 2.05) is 0 Å². The number of aliphatic carboxylic acids is 1. The van der Waals surface area contributed by atoms with Crippen LogP contribution in [0.3, 0.4) is 0 Å². The lowest BCUT2D eigenvalue weighted by atomic mass is 9.91. The Morgan fingerprint density at radius 3 is 2.82 bits per heavy atom. The van der Waals surface area contributed by atoms with Gasteiger partial charge in [-0.05, 0) is 24.6 Å². The second-order valence-electron chi connectivity index (χ2n) is 4.76. The zero-order valence-corrected chi connectivity index (χ0v) is 11.6. The molecule has 1 aliphatic carbocycles. The molecule has 0 bridgehead atoms. The number of pyridine rings is 1. The minimum atomic E-state index is -1.18. The van der Waals surface area contributed by atoms with Gasteiger partial charge in [-0.2, -0.15) is 0 Å². The molecule has 6 N–H and O–H groups in total. The summed E-state index contributed by atoms with van der Waals surface area (Å²) in [6.45, 7) is 0. The molecule has 0 fully saturated rings. The highest BCUT2D eigenvalue weighted by Gasteiger charge is 2.26. The van der Waals surface area contributed by atoms with Crippen LogP contribution in [0.1, 0.15) is 6.42 Å². The Morgan fingerprint density at radius 2 is 2.18 bits per heavy atom. The number of rotatable bonds is 6. The molecule has 0 saturated carbocycles. The molecule has 0 spiro atoms. The van der Waals surface area contributed by atoms with E-state index in [0.29, 0.717) is 5.82 Å². The van der Waals surface area contributed by atoms with Crippen LogP contribution in [0.2, 0.25) is 0 Å². The first-order valence-corrected chi connectivity index (χ1v) is 6.55. The first kappa shape index (κ1) is 15.5. The van der Waals surface area contributed by atoms with Gasteiger partial charge in [0.1, 0.15) is 17.6 Å². The Hall–Kier alpha value is -2.87. The molecule has 22 heavy (non-hydrogen) atoms. The smallest absolute Gasteiger partial charge is 0.320 e. The number of nitrogens with zero attached hydrogens (tertiary/aromatic N) is 1. The molecule has 1 aromatic heterocycles. The molecule has 0 saturated heterocycles. The van der Waals surface area contributed by atoms with Crippen LogP contribution in [0, 0.1) is 5.92 Å². The van der Waals surface area contributed by atoms with Crippen molar-refractivity contribution in [1.29, 1.82) is 0 Å². The van der Waals surface area contributed by atoms with Crippen molar-refractivity contribution < 1.29 is 19.8 Å². The van der Waals surface area contributed by atoms with Crippen LogP contribution in [-0.2, 0) is 9.59 Å². The summed E-state index contributed by atoms with van der Waals surface area (Å²) in [4.78, 5) is 26.6. The number of aliphatic hydroxyl groups is 1. The number of hydrogen-bond donors (Lipinski definition) is 5. The van der Waals surface area contributed by atoms with Crippen molar-refractivity contribution in [1.82, 2.24) is 10.4 Å². The molecule has 8 nitrogen and oxygen atoms in total. The summed E-state index contributed by atoms with van der Waals surface area (Å²) in [5, 5.41) is 18.6. The van der Waals surface area contributed by atoms with E-state index in [9.17, 15) is 14.7 Å². The van der Waals surface area contributed by atoms with Crippen LogP contribution in [-0.4, -0.2) is 33.0 Å². The summed E-state index contributed by atoms with van der Waals surface area (Å²) >= 11 is 0. The quantitative estimate of drug-likeness (QED) is 0.474. The Bertz CT molecular complexity index is 627. The van der Waals surface area contributed by atoms with Gasteiger partial charge in [0.05, 0.1) is 5.70 Å². The van der Waals surface area contributed by atoms with Crippen LogP contribution in [0.15, 0.2) is 48.0 Å². The van der Waals surface area contributed by atoms with Gasteiger partial charge >= 0.3 is 5.97 Å². The van der Waals surface area contributed by atoms with Gasteiger partial charge in [0, 0.05) is 18.2 Å². The number of carbonyl (C=O) groups is 2. The Labute approximate surface area is 126 Å². The highest BCUT2D eigenvalue weighted by molar-refractivity contribution is 5.95. The lowest BCUT2D eigenvalue weighted by molar-refractivity contribution is -0.138. The van der Waals surface area contributed by atoms with Crippen molar-refractivity contribution in [2.45, 2.75) is 12.5 Å². The third-order valence-corrected chi connectivity index (χ3v) is 3.10. The van der Waals surface area contributed by atoms with Crippen LogP contribution in [0.25, 0.3) is 0 Å². The second-order valence-corrected chi connectivity index (χ2v) is 4.76. The van der Waals surface area contributed by atoms with E-state index in [1.54, 1.807) is 24.4 Å². The number of nitrogens with one attached hydrogen (secondary N) is 2. The fraction of sp³-hybridized carbons (Fsp3) is 0.214. The molecule has 116 valence electrons. The third kappa shape index (κ3) is 3.83. The average Bonchev–Trinajstić information content (AvgIpc) is 2.49. The maximum Gasteiger partial charge on any atom is 0.320 e. The number of hydrazine groups is 1. The maximum absolute atomic E-state index is 11.8. The van der Waals surface area contributed by atoms with Gasteiger partial charge in [0.15, 0.2) is 5.78 Å². The fourth-order valence-corrected chi connectivity index (χ4v) is 1.92. The monoisotopic (exact) mass is 304 g/mol. The largest absolute Gasteiger partial charge is 0.506 e. The van der Waals surface area contributed by atoms with Crippen molar-refractivity contribution in [2.24, 2.45) is 11.7 Å². The zero-order valence-electron chi connectivity index (χ0n) is 11.6. The molecular formula is C14H16N4O4. The molecule has 2 atom stereocenters. The predicted octanol–water partition coefficient (Wildman–Crippen LogP) is 0.325. The summed E-state index contributed by atoms with van der Waals surface area (Å²) < 4.78 is 0. The molecule has 0 aromatic carbocycles. The van der Waals surface area contributed by atoms with E-state index >= 15 is 0 Å². The summed E-state index contributed by atoms with van der Waals surface area (Å²) in [5.41, 5.74) is 11.2.